The smallest absolute Gasteiger partial charge is 0.280 e. The Hall–Kier alpha value is -3.61. The lowest BCUT2D eigenvalue weighted by atomic mass is 10.2. The molecule has 3 rings (SSSR count). The van der Waals surface area contributed by atoms with Gasteiger partial charge in [0.25, 0.3) is 11.5 Å². The minimum atomic E-state index is -0.512. The van der Waals surface area contributed by atoms with E-state index in [9.17, 15) is 9.59 Å². The molecule has 1 aromatic heterocycles. The summed E-state index contributed by atoms with van der Waals surface area (Å²) in [5.41, 5.74) is 2.66. The molecule has 7 heteroatoms. The number of amides is 1. The number of hydrogen-bond acceptors (Lipinski definition) is 5. The van der Waals surface area contributed by atoms with Crippen LogP contribution in [0.1, 0.15) is 21.6 Å². The standard InChI is InChI=1S/C21H21N3O4/c1-13-5-8-15(9-6-13)24-19(25)12-18(28-4)20(23-24)21(26)22-16-11-14(2)7-10-17(16)27-3/h5-12H,1-4H3,(H,22,26). The molecule has 0 saturated heterocycles. The largest absolute Gasteiger partial charge is 0.495 e. The number of aryl methyl sites for hydroxylation is 2. The first-order valence-electron chi connectivity index (χ1n) is 8.64. The summed E-state index contributed by atoms with van der Waals surface area (Å²) in [6.07, 6.45) is 0. The normalized spacial score (nSPS) is 10.4. The molecule has 0 aliphatic rings. The van der Waals surface area contributed by atoms with E-state index in [2.05, 4.69) is 10.4 Å². The molecule has 0 radical (unpaired) electrons. The van der Waals surface area contributed by atoms with E-state index in [0.717, 1.165) is 11.1 Å². The maximum absolute atomic E-state index is 12.9. The van der Waals surface area contributed by atoms with Crippen molar-refractivity contribution in [1.82, 2.24) is 9.78 Å². The molecule has 1 N–H and O–H groups in total. The molecule has 0 spiro atoms. The van der Waals surface area contributed by atoms with Gasteiger partial charge >= 0.3 is 0 Å². The summed E-state index contributed by atoms with van der Waals surface area (Å²) in [5.74, 6) is 0.101. The van der Waals surface area contributed by atoms with Gasteiger partial charge in [-0.1, -0.05) is 23.8 Å². The van der Waals surface area contributed by atoms with E-state index in [1.807, 2.05) is 32.0 Å². The van der Waals surface area contributed by atoms with Crippen LogP contribution in [-0.2, 0) is 0 Å². The lowest BCUT2D eigenvalue weighted by Crippen LogP contribution is -2.26. The maximum atomic E-state index is 12.9. The molecule has 28 heavy (non-hydrogen) atoms. The van der Waals surface area contributed by atoms with Crippen LogP contribution in [0.5, 0.6) is 11.5 Å². The zero-order chi connectivity index (χ0) is 20.3. The molecule has 0 saturated carbocycles. The summed E-state index contributed by atoms with van der Waals surface area (Å²) in [6, 6.07) is 13.9. The fourth-order valence-corrected chi connectivity index (χ4v) is 2.73. The van der Waals surface area contributed by atoms with Crippen molar-refractivity contribution in [1.29, 1.82) is 0 Å². The zero-order valence-corrected chi connectivity index (χ0v) is 16.1. The molecule has 3 aromatic rings. The third-order valence-corrected chi connectivity index (χ3v) is 4.21. The van der Waals surface area contributed by atoms with Crippen LogP contribution in [0.4, 0.5) is 5.69 Å². The predicted molar refractivity (Wildman–Crippen MR) is 107 cm³/mol. The van der Waals surface area contributed by atoms with Crippen molar-refractivity contribution >= 4 is 11.6 Å². The Labute approximate surface area is 162 Å². The minimum Gasteiger partial charge on any atom is -0.495 e. The van der Waals surface area contributed by atoms with Crippen molar-refractivity contribution < 1.29 is 14.3 Å². The van der Waals surface area contributed by atoms with E-state index in [0.29, 0.717) is 17.1 Å². The molecule has 144 valence electrons. The van der Waals surface area contributed by atoms with Crippen LogP contribution in [0.3, 0.4) is 0 Å². The molecular formula is C21H21N3O4. The van der Waals surface area contributed by atoms with Gasteiger partial charge in [0.1, 0.15) is 5.75 Å². The van der Waals surface area contributed by atoms with Crippen LogP contribution in [-0.4, -0.2) is 29.9 Å². The van der Waals surface area contributed by atoms with Gasteiger partial charge < -0.3 is 14.8 Å². The maximum Gasteiger partial charge on any atom is 0.280 e. The third-order valence-electron chi connectivity index (χ3n) is 4.21. The van der Waals surface area contributed by atoms with E-state index in [4.69, 9.17) is 9.47 Å². The van der Waals surface area contributed by atoms with E-state index >= 15 is 0 Å². The highest BCUT2D eigenvalue weighted by Crippen LogP contribution is 2.26. The number of carbonyl (C=O) groups is 1. The van der Waals surface area contributed by atoms with E-state index in [1.165, 1.54) is 25.0 Å². The van der Waals surface area contributed by atoms with Crippen molar-refractivity contribution in [3.05, 3.63) is 75.7 Å². The van der Waals surface area contributed by atoms with E-state index in [-0.39, 0.29) is 11.4 Å². The van der Waals surface area contributed by atoms with Gasteiger partial charge in [-0.3, -0.25) is 9.59 Å². The number of aromatic nitrogens is 2. The number of nitrogens with zero attached hydrogens (tertiary/aromatic N) is 2. The number of rotatable bonds is 5. The summed E-state index contributed by atoms with van der Waals surface area (Å²) in [7, 11) is 2.91. The van der Waals surface area contributed by atoms with Crippen LogP contribution < -0.4 is 20.3 Å². The molecule has 1 amide bonds. The Bertz CT molecular complexity index is 1070. The monoisotopic (exact) mass is 379 g/mol. The molecular weight excluding hydrogens is 358 g/mol. The lowest BCUT2D eigenvalue weighted by molar-refractivity contribution is 0.101. The van der Waals surface area contributed by atoms with Crippen LogP contribution >= 0.6 is 0 Å². The van der Waals surface area contributed by atoms with Gasteiger partial charge in [-0.15, -0.1) is 0 Å². The minimum absolute atomic E-state index is 0.00812. The summed E-state index contributed by atoms with van der Waals surface area (Å²) < 4.78 is 11.7. The number of anilines is 1. The number of methoxy groups -OCH3 is 2. The Morgan fingerprint density at radius 3 is 2.21 bits per heavy atom. The van der Waals surface area contributed by atoms with Gasteiger partial charge in [-0.2, -0.15) is 9.78 Å². The first kappa shape index (κ1) is 19.2. The number of benzene rings is 2. The summed E-state index contributed by atoms with van der Waals surface area (Å²) in [6.45, 7) is 3.85. The quantitative estimate of drug-likeness (QED) is 0.737. The van der Waals surface area contributed by atoms with Crippen LogP contribution in [0.15, 0.2) is 53.3 Å². The molecule has 1 heterocycles. The van der Waals surface area contributed by atoms with E-state index < -0.39 is 11.5 Å². The first-order chi connectivity index (χ1) is 13.4. The summed E-state index contributed by atoms with van der Waals surface area (Å²) in [4.78, 5) is 25.3. The third kappa shape index (κ3) is 3.88. The van der Waals surface area contributed by atoms with Crippen LogP contribution in [0.25, 0.3) is 5.69 Å². The van der Waals surface area contributed by atoms with Crippen molar-refractivity contribution in [2.75, 3.05) is 19.5 Å². The highest BCUT2D eigenvalue weighted by Gasteiger charge is 2.19. The number of hydrogen-bond donors (Lipinski definition) is 1. The predicted octanol–water partition coefficient (Wildman–Crippen LogP) is 3.12. The number of nitrogens with one attached hydrogen (secondary N) is 1. The summed E-state index contributed by atoms with van der Waals surface area (Å²) >= 11 is 0. The molecule has 0 aliphatic heterocycles. The zero-order valence-electron chi connectivity index (χ0n) is 16.1. The highest BCUT2D eigenvalue weighted by molar-refractivity contribution is 6.05. The molecule has 0 fully saturated rings. The first-order valence-corrected chi connectivity index (χ1v) is 8.64. The number of ether oxygens (including phenoxy) is 2. The van der Waals surface area contributed by atoms with Crippen molar-refractivity contribution in [2.24, 2.45) is 0 Å². The average molecular weight is 379 g/mol. The van der Waals surface area contributed by atoms with Crippen LogP contribution in [0, 0.1) is 13.8 Å². The second kappa shape index (κ2) is 7.96. The van der Waals surface area contributed by atoms with Gasteiger partial charge in [-0.25, -0.2) is 0 Å². The molecule has 0 atom stereocenters. The number of carbonyl (C=O) groups excluding carboxylic acids is 1. The van der Waals surface area contributed by atoms with Gasteiger partial charge in [0.15, 0.2) is 11.4 Å². The molecule has 7 nitrogen and oxygen atoms in total. The lowest BCUT2D eigenvalue weighted by Gasteiger charge is -2.13. The average Bonchev–Trinajstić information content (AvgIpc) is 2.68. The van der Waals surface area contributed by atoms with Gasteiger partial charge in [0, 0.05) is 0 Å². The molecule has 0 bridgehead atoms. The van der Waals surface area contributed by atoms with Crippen LogP contribution in [0.2, 0.25) is 0 Å². The van der Waals surface area contributed by atoms with Gasteiger partial charge in [0.2, 0.25) is 0 Å². The fourth-order valence-electron chi connectivity index (χ4n) is 2.73. The Balaban J connectivity index is 2.04. The highest BCUT2D eigenvalue weighted by atomic mass is 16.5. The second-order valence-corrected chi connectivity index (χ2v) is 6.30. The van der Waals surface area contributed by atoms with Gasteiger partial charge in [0.05, 0.1) is 31.7 Å². The Kier molecular flexibility index (Phi) is 5.44. The molecule has 2 aromatic carbocycles. The summed E-state index contributed by atoms with van der Waals surface area (Å²) in [5, 5.41) is 7.02. The SMILES string of the molecule is COc1ccc(C)cc1NC(=O)c1nn(-c2ccc(C)cc2)c(=O)cc1OC. The van der Waals surface area contributed by atoms with E-state index in [1.54, 1.807) is 24.3 Å². The van der Waals surface area contributed by atoms with Crippen molar-refractivity contribution in [3.63, 3.8) is 0 Å². The molecule has 0 unspecified atom stereocenters. The Morgan fingerprint density at radius 1 is 0.929 bits per heavy atom. The Morgan fingerprint density at radius 2 is 1.57 bits per heavy atom. The van der Waals surface area contributed by atoms with Gasteiger partial charge in [-0.05, 0) is 43.7 Å². The second-order valence-electron chi connectivity index (χ2n) is 6.30. The van der Waals surface area contributed by atoms with Crippen molar-refractivity contribution in [3.8, 4) is 17.2 Å². The topological polar surface area (TPSA) is 82.5 Å². The fraction of sp³-hybridized carbons (Fsp3) is 0.190. The van der Waals surface area contributed by atoms with Crippen molar-refractivity contribution in [2.45, 2.75) is 13.8 Å². The molecule has 0 aliphatic carbocycles.